The van der Waals surface area contributed by atoms with Gasteiger partial charge < -0.3 is 20.1 Å². The van der Waals surface area contributed by atoms with Crippen LogP contribution in [0.4, 0.5) is 0 Å². The van der Waals surface area contributed by atoms with Crippen molar-refractivity contribution in [1.82, 2.24) is 10.2 Å². The standard InChI is InChI=1S/C15H24N2O5/c1-22-7-6-17-9-11(8-13(17)18)14(19)16-12-4-2-10(3-5-12)15(20)21/h10-12H,2-9H2,1H3,(H,16,19)(H,20,21). The number of ether oxygens (including phenoxy) is 1. The lowest BCUT2D eigenvalue weighted by atomic mass is 9.86. The van der Waals surface area contributed by atoms with Gasteiger partial charge in [0, 0.05) is 32.7 Å². The number of hydrogen-bond acceptors (Lipinski definition) is 4. The maximum atomic E-state index is 12.3. The number of carbonyl (C=O) groups excluding carboxylic acids is 2. The zero-order valence-corrected chi connectivity index (χ0v) is 12.9. The Morgan fingerprint density at radius 1 is 1.27 bits per heavy atom. The molecule has 7 nitrogen and oxygen atoms in total. The van der Waals surface area contributed by atoms with Crippen molar-refractivity contribution in [1.29, 1.82) is 0 Å². The normalized spacial score (nSPS) is 28.7. The predicted octanol–water partition coefficient (Wildman–Crippen LogP) is 0.241. The van der Waals surface area contributed by atoms with Gasteiger partial charge in [-0.3, -0.25) is 14.4 Å². The first-order chi connectivity index (χ1) is 10.5. The molecule has 124 valence electrons. The highest BCUT2D eigenvalue weighted by atomic mass is 16.5. The highest BCUT2D eigenvalue weighted by molar-refractivity contribution is 5.89. The van der Waals surface area contributed by atoms with Crippen LogP contribution in [-0.2, 0) is 19.1 Å². The van der Waals surface area contributed by atoms with Crippen LogP contribution in [0, 0.1) is 11.8 Å². The minimum atomic E-state index is -0.750. The Hall–Kier alpha value is -1.63. The molecule has 1 heterocycles. The maximum Gasteiger partial charge on any atom is 0.306 e. The van der Waals surface area contributed by atoms with E-state index in [1.807, 2.05) is 0 Å². The zero-order chi connectivity index (χ0) is 16.1. The summed E-state index contributed by atoms with van der Waals surface area (Å²) in [6.45, 7) is 1.43. The molecule has 1 aliphatic carbocycles. The Labute approximate surface area is 130 Å². The fourth-order valence-electron chi connectivity index (χ4n) is 3.17. The largest absolute Gasteiger partial charge is 0.481 e. The summed E-state index contributed by atoms with van der Waals surface area (Å²) >= 11 is 0. The number of nitrogens with one attached hydrogen (secondary N) is 1. The van der Waals surface area contributed by atoms with E-state index in [2.05, 4.69) is 5.32 Å². The van der Waals surface area contributed by atoms with Gasteiger partial charge in [-0.15, -0.1) is 0 Å². The molecule has 0 aromatic carbocycles. The van der Waals surface area contributed by atoms with Gasteiger partial charge in [0.25, 0.3) is 0 Å². The lowest BCUT2D eigenvalue weighted by Gasteiger charge is -2.27. The quantitative estimate of drug-likeness (QED) is 0.732. The average Bonchev–Trinajstić information content (AvgIpc) is 2.87. The van der Waals surface area contributed by atoms with E-state index in [1.165, 1.54) is 0 Å². The van der Waals surface area contributed by atoms with E-state index < -0.39 is 5.97 Å². The van der Waals surface area contributed by atoms with Gasteiger partial charge in [-0.25, -0.2) is 0 Å². The Bertz CT molecular complexity index is 432. The summed E-state index contributed by atoms with van der Waals surface area (Å²) < 4.78 is 4.96. The number of hydrogen-bond donors (Lipinski definition) is 2. The fourth-order valence-corrected chi connectivity index (χ4v) is 3.17. The molecule has 1 saturated carbocycles. The number of methoxy groups -OCH3 is 1. The molecule has 22 heavy (non-hydrogen) atoms. The molecule has 2 rings (SSSR count). The van der Waals surface area contributed by atoms with Crippen LogP contribution >= 0.6 is 0 Å². The molecule has 2 aliphatic rings. The van der Waals surface area contributed by atoms with Crippen LogP contribution in [0.3, 0.4) is 0 Å². The third-order valence-electron chi connectivity index (χ3n) is 4.57. The van der Waals surface area contributed by atoms with Crippen molar-refractivity contribution in [2.24, 2.45) is 11.8 Å². The molecular weight excluding hydrogens is 288 g/mol. The van der Waals surface area contributed by atoms with Gasteiger partial charge in [-0.1, -0.05) is 0 Å². The second-order valence-electron chi connectivity index (χ2n) is 6.13. The molecule has 0 radical (unpaired) electrons. The summed E-state index contributed by atoms with van der Waals surface area (Å²) in [6.07, 6.45) is 2.83. The van der Waals surface area contributed by atoms with Crippen molar-refractivity contribution in [3.8, 4) is 0 Å². The van der Waals surface area contributed by atoms with Gasteiger partial charge in [0.15, 0.2) is 0 Å². The molecule has 2 N–H and O–H groups in total. The first-order valence-corrected chi connectivity index (χ1v) is 7.81. The summed E-state index contributed by atoms with van der Waals surface area (Å²) in [5.74, 6) is -1.44. The topological polar surface area (TPSA) is 95.9 Å². The molecule has 2 amide bonds. The molecule has 2 fully saturated rings. The van der Waals surface area contributed by atoms with Crippen LogP contribution in [0.25, 0.3) is 0 Å². The number of nitrogens with zero attached hydrogens (tertiary/aromatic N) is 1. The average molecular weight is 312 g/mol. The second kappa shape index (κ2) is 7.58. The van der Waals surface area contributed by atoms with Crippen LogP contribution < -0.4 is 5.32 Å². The molecule has 1 aliphatic heterocycles. The lowest BCUT2D eigenvalue weighted by molar-refractivity contribution is -0.143. The second-order valence-corrected chi connectivity index (χ2v) is 6.13. The Kier molecular flexibility index (Phi) is 5.76. The smallest absolute Gasteiger partial charge is 0.306 e. The molecular formula is C15H24N2O5. The van der Waals surface area contributed by atoms with E-state index >= 15 is 0 Å². The monoisotopic (exact) mass is 312 g/mol. The third-order valence-corrected chi connectivity index (χ3v) is 4.57. The third kappa shape index (κ3) is 4.19. The molecule has 0 aromatic heterocycles. The Morgan fingerprint density at radius 2 is 1.95 bits per heavy atom. The van der Waals surface area contributed by atoms with Gasteiger partial charge in [-0.2, -0.15) is 0 Å². The summed E-state index contributed by atoms with van der Waals surface area (Å²) in [4.78, 5) is 36.7. The zero-order valence-electron chi connectivity index (χ0n) is 12.9. The lowest BCUT2D eigenvalue weighted by Crippen LogP contribution is -2.42. The van der Waals surface area contributed by atoms with Gasteiger partial charge in [0.2, 0.25) is 11.8 Å². The van der Waals surface area contributed by atoms with Crippen LogP contribution in [0.2, 0.25) is 0 Å². The van der Waals surface area contributed by atoms with Crippen molar-refractivity contribution in [2.75, 3.05) is 26.8 Å². The van der Waals surface area contributed by atoms with Crippen LogP contribution in [-0.4, -0.2) is 60.6 Å². The van der Waals surface area contributed by atoms with Crippen LogP contribution in [0.15, 0.2) is 0 Å². The molecule has 0 spiro atoms. The van der Waals surface area contributed by atoms with E-state index in [0.717, 1.165) is 0 Å². The van der Waals surface area contributed by atoms with Crippen molar-refractivity contribution >= 4 is 17.8 Å². The van der Waals surface area contributed by atoms with E-state index in [-0.39, 0.29) is 36.1 Å². The highest BCUT2D eigenvalue weighted by Gasteiger charge is 2.35. The molecule has 1 atom stereocenters. The molecule has 0 bridgehead atoms. The van der Waals surface area contributed by atoms with Crippen molar-refractivity contribution in [3.63, 3.8) is 0 Å². The van der Waals surface area contributed by atoms with Gasteiger partial charge in [0.1, 0.15) is 0 Å². The molecule has 0 aromatic rings. The van der Waals surface area contributed by atoms with Gasteiger partial charge in [0.05, 0.1) is 18.4 Å². The Morgan fingerprint density at radius 3 is 2.55 bits per heavy atom. The van der Waals surface area contributed by atoms with Crippen molar-refractivity contribution in [2.45, 2.75) is 38.1 Å². The number of carboxylic acids is 1. The van der Waals surface area contributed by atoms with E-state index in [1.54, 1.807) is 12.0 Å². The van der Waals surface area contributed by atoms with Crippen LogP contribution in [0.5, 0.6) is 0 Å². The van der Waals surface area contributed by atoms with E-state index in [4.69, 9.17) is 9.84 Å². The van der Waals surface area contributed by atoms with Crippen molar-refractivity contribution in [3.05, 3.63) is 0 Å². The number of rotatable bonds is 6. The number of likely N-dealkylation sites (tertiary alicyclic amines) is 1. The predicted molar refractivity (Wildman–Crippen MR) is 78.1 cm³/mol. The van der Waals surface area contributed by atoms with Gasteiger partial charge in [-0.05, 0) is 25.7 Å². The van der Waals surface area contributed by atoms with Crippen molar-refractivity contribution < 1.29 is 24.2 Å². The first kappa shape index (κ1) is 16.7. The van der Waals surface area contributed by atoms with Gasteiger partial charge >= 0.3 is 5.97 Å². The molecule has 7 heteroatoms. The summed E-state index contributed by atoms with van der Waals surface area (Å²) in [5.41, 5.74) is 0. The Balaban J connectivity index is 1.76. The number of carboxylic acid groups (broad SMARTS) is 1. The number of aliphatic carboxylic acids is 1. The minimum absolute atomic E-state index is 0.00761. The van der Waals surface area contributed by atoms with E-state index in [9.17, 15) is 14.4 Å². The SMILES string of the molecule is COCCN1CC(C(=O)NC2CCC(C(=O)O)CC2)CC1=O. The first-order valence-electron chi connectivity index (χ1n) is 7.81. The highest BCUT2D eigenvalue weighted by Crippen LogP contribution is 2.25. The van der Waals surface area contributed by atoms with Crippen LogP contribution in [0.1, 0.15) is 32.1 Å². The number of carbonyl (C=O) groups is 3. The molecule has 1 unspecified atom stereocenters. The summed E-state index contributed by atoms with van der Waals surface area (Å²) in [7, 11) is 1.58. The molecule has 1 saturated heterocycles. The fraction of sp³-hybridized carbons (Fsp3) is 0.800. The van der Waals surface area contributed by atoms with E-state index in [0.29, 0.717) is 45.4 Å². The summed E-state index contributed by atoms with van der Waals surface area (Å²) in [6, 6.07) is 0.0335. The maximum absolute atomic E-state index is 12.3. The minimum Gasteiger partial charge on any atom is -0.481 e. The summed E-state index contributed by atoms with van der Waals surface area (Å²) in [5, 5.41) is 11.9. The number of amides is 2.